The monoisotopic (exact) mass is 478 g/mol. The van der Waals surface area contributed by atoms with Crippen LogP contribution in [0.25, 0.3) is 16.6 Å². The van der Waals surface area contributed by atoms with Gasteiger partial charge in [0.2, 0.25) is 5.43 Å². The molecule has 1 aromatic heterocycles. The van der Waals surface area contributed by atoms with E-state index in [-0.39, 0.29) is 29.8 Å². The average Bonchev–Trinajstić information content (AvgIpc) is 2.83. The number of aliphatic hydroxyl groups excluding tert-OH is 1. The third kappa shape index (κ3) is 4.84. The van der Waals surface area contributed by atoms with Crippen molar-refractivity contribution in [2.24, 2.45) is 0 Å². The van der Waals surface area contributed by atoms with Crippen LogP contribution in [0, 0.1) is 23.5 Å². The number of rotatable bonds is 4. The van der Waals surface area contributed by atoms with Crippen LogP contribution < -0.4 is 10.7 Å². The number of hydrogen-bond acceptors (Lipinski definition) is 3. The first-order valence-corrected chi connectivity index (χ1v) is 10.5. The molecule has 0 atom stereocenters. The van der Waals surface area contributed by atoms with Crippen LogP contribution in [0.3, 0.4) is 0 Å². The van der Waals surface area contributed by atoms with E-state index in [2.05, 4.69) is 17.2 Å². The molecule has 0 fully saturated rings. The maximum Gasteiger partial charge on any atom is 0.257 e. The van der Waals surface area contributed by atoms with Gasteiger partial charge in [-0.3, -0.25) is 9.59 Å². The van der Waals surface area contributed by atoms with Gasteiger partial charge in [-0.05, 0) is 48.0 Å². The van der Waals surface area contributed by atoms with Crippen LogP contribution in [0.2, 0.25) is 5.02 Å². The van der Waals surface area contributed by atoms with Crippen LogP contribution in [0.4, 0.5) is 8.78 Å². The van der Waals surface area contributed by atoms with E-state index in [0.29, 0.717) is 16.1 Å². The summed E-state index contributed by atoms with van der Waals surface area (Å²) in [7, 11) is 0. The smallest absolute Gasteiger partial charge is 0.257 e. The van der Waals surface area contributed by atoms with Crippen LogP contribution in [-0.2, 0) is 6.54 Å². The zero-order valence-corrected chi connectivity index (χ0v) is 18.4. The lowest BCUT2D eigenvalue weighted by Crippen LogP contribution is -2.29. The number of aromatic nitrogens is 1. The topological polar surface area (TPSA) is 71.3 Å². The Morgan fingerprint density at radius 1 is 1.06 bits per heavy atom. The van der Waals surface area contributed by atoms with Gasteiger partial charge in [0.15, 0.2) is 0 Å². The summed E-state index contributed by atoms with van der Waals surface area (Å²) in [5.41, 5.74) is 0.674. The van der Waals surface area contributed by atoms with E-state index in [1.165, 1.54) is 22.9 Å². The molecule has 2 N–H and O–H groups in total. The largest absolute Gasteiger partial charge is 0.384 e. The number of fused-ring (bicyclic) bond motifs is 1. The molecule has 0 aliphatic rings. The molecule has 0 radical (unpaired) electrons. The summed E-state index contributed by atoms with van der Waals surface area (Å²) in [4.78, 5) is 26.2. The number of pyridine rings is 1. The molecule has 0 spiro atoms. The standard InChI is InChI=1S/C26H17ClF2N2O3/c27-18-6-3-17(4-7-18)14-30-26(34)21-15-31(24-10-8-19(28)13-22(24)29)23-9-5-16(2-1-11-32)12-20(23)25(21)33/h3-10,12-13,15,32H,11,14H2,(H,30,34). The molecule has 5 nitrogen and oxygen atoms in total. The second-order valence-corrected chi connectivity index (χ2v) is 7.78. The van der Waals surface area contributed by atoms with Gasteiger partial charge in [-0.25, -0.2) is 8.78 Å². The van der Waals surface area contributed by atoms with Crippen LogP contribution >= 0.6 is 11.6 Å². The molecular formula is C26H17ClF2N2O3. The van der Waals surface area contributed by atoms with E-state index in [1.54, 1.807) is 36.4 Å². The maximum atomic E-state index is 14.6. The number of carbonyl (C=O) groups excluding carboxylic acids is 1. The normalized spacial score (nSPS) is 10.6. The first-order chi connectivity index (χ1) is 16.4. The van der Waals surface area contributed by atoms with Crippen LogP contribution in [0.15, 0.2) is 71.7 Å². The van der Waals surface area contributed by atoms with Gasteiger partial charge in [0, 0.05) is 34.8 Å². The third-order valence-corrected chi connectivity index (χ3v) is 5.35. The lowest BCUT2D eigenvalue weighted by atomic mass is 10.1. The molecule has 0 saturated heterocycles. The van der Waals surface area contributed by atoms with Crippen LogP contribution in [0.1, 0.15) is 21.5 Å². The summed E-state index contributed by atoms with van der Waals surface area (Å²) < 4.78 is 29.5. The maximum absolute atomic E-state index is 14.6. The Balaban J connectivity index is 1.84. The molecule has 34 heavy (non-hydrogen) atoms. The molecule has 1 amide bonds. The van der Waals surface area contributed by atoms with Gasteiger partial charge < -0.3 is 15.0 Å². The molecule has 0 aliphatic carbocycles. The van der Waals surface area contributed by atoms with Crippen molar-refractivity contribution in [2.75, 3.05) is 6.61 Å². The van der Waals surface area contributed by atoms with Crippen LogP contribution in [-0.4, -0.2) is 22.2 Å². The number of benzene rings is 3. The van der Waals surface area contributed by atoms with E-state index >= 15 is 0 Å². The third-order valence-electron chi connectivity index (χ3n) is 5.10. The van der Waals surface area contributed by atoms with Crippen molar-refractivity contribution in [1.29, 1.82) is 0 Å². The van der Waals surface area contributed by atoms with Crippen molar-refractivity contribution in [2.45, 2.75) is 6.54 Å². The van der Waals surface area contributed by atoms with Crippen molar-refractivity contribution in [3.8, 4) is 17.5 Å². The van der Waals surface area contributed by atoms with Crippen molar-refractivity contribution in [3.05, 3.63) is 110 Å². The van der Waals surface area contributed by atoms with E-state index in [4.69, 9.17) is 16.7 Å². The molecule has 0 bridgehead atoms. The van der Waals surface area contributed by atoms with Crippen molar-refractivity contribution >= 4 is 28.4 Å². The van der Waals surface area contributed by atoms with Gasteiger partial charge >= 0.3 is 0 Å². The molecule has 4 aromatic rings. The number of halogens is 3. The summed E-state index contributed by atoms with van der Waals surface area (Å²) in [6.07, 6.45) is 1.23. The number of nitrogens with one attached hydrogen (secondary N) is 1. The highest BCUT2D eigenvalue weighted by atomic mass is 35.5. The fraction of sp³-hybridized carbons (Fsp3) is 0.0769. The van der Waals surface area contributed by atoms with Crippen LogP contribution in [0.5, 0.6) is 0 Å². The second kappa shape index (κ2) is 9.87. The fourth-order valence-electron chi connectivity index (χ4n) is 3.47. The Kier molecular flexibility index (Phi) is 6.73. The Bertz CT molecular complexity index is 1520. The highest BCUT2D eigenvalue weighted by Gasteiger charge is 2.18. The molecule has 0 aliphatic heterocycles. The number of hydrogen-bond donors (Lipinski definition) is 2. The highest BCUT2D eigenvalue weighted by molar-refractivity contribution is 6.30. The van der Waals surface area contributed by atoms with Gasteiger partial charge in [-0.1, -0.05) is 35.6 Å². The van der Waals surface area contributed by atoms with Gasteiger partial charge in [0.05, 0.1) is 11.2 Å². The summed E-state index contributed by atoms with van der Waals surface area (Å²) in [6.45, 7) is -0.226. The first-order valence-electron chi connectivity index (χ1n) is 10.1. The van der Waals surface area contributed by atoms with Gasteiger partial charge in [-0.15, -0.1) is 0 Å². The Labute approximate surface area is 198 Å². The van der Waals surface area contributed by atoms with Crippen molar-refractivity contribution in [1.82, 2.24) is 9.88 Å². The predicted molar refractivity (Wildman–Crippen MR) is 126 cm³/mol. The van der Waals surface area contributed by atoms with Crippen molar-refractivity contribution < 1.29 is 18.7 Å². The average molecular weight is 479 g/mol. The molecule has 3 aromatic carbocycles. The Morgan fingerprint density at radius 2 is 1.82 bits per heavy atom. The van der Waals surface area contributed by atoms with E-state index in [1.807, 2.05) is 0 Å². The molecule has 4 rings (SSSR count). The molecule has 8 heteroatoms. The number of aliphatic hydroxyl groups is 1. The van der Waals surface area contributed by atoms with E-state index < -0.39 is 23.0 Å². The second-order valence-electron chi connectivity index (χ2n) is 7.34. The van der Waals surface area contributed by atoms with Gasteiger partial charge in [0.1, 0.15) is 23.8 Å². The predicted octanol–water partition coefficient (Wildman–Crippen LogP) is 4.20. The Hall–Kier alpha value is -3.99. The molecule has 0 saturated carbocycles. The highest BCUT2D eigenvalue weighted by Crippen LogP contribution is 2.22. The molecular weight excluding hydrogens is 462 g/mol. The van der Waals surface area contributed by atoms with E-state index in [9.17, 15) is 18.4 Å². The summed E-state index contributed by atoms with van der Waals surface area (Å²) in [6, 6.07) is 14.5. The van der Waals surface area contributed by atoms with E-state index in [0.717, 1.165) is 17.7 Å². The quantitative estimate of drug-likeness (QED) is 0.432. The minimum atomic E-state index is -0.860. The number of carbonyl (C=O) groups is 1. The first kappa shape index (κ1) is 23.2. The number of nitrogens with zero attached hydrogens (tertiary/aromatic N) is 1. The molecule has 1 heterocycles. The SMILES string of the molecule is O=C(NCc1ccc(Cl)cc1)c1cn(-c2ccc(F)cc2F)c2ccc(C#CCO)cc2c1=O. The summed E-state index contributed by atoms with van der Waals surface area (Å²) >= 11 is 5.88. The van der Waals surface area contributed by atoms with Gasteiger partial charge in [0.25, 0.3) is 5.91 Å². The molecule has 170 valence electrons. The van der Waals surface area contributed by atoms with Crippen molar-refractivity contribution in [3.63, 3.8) is 0 Å². The summed E-state index contributed by atoms with van der Waals surface area (Å²) in [5.74, 6) is 2.93. The van der Waals surface area contributed by atoms with Gasteiger partial charge in [-0.2, -0.15) is 0 Å². The number of amides is 1. The summed E-state index contributed by atoms with van der Waals surface area (Å²) in [5, 5.41) is 12.3. The zero-order valence-electron chi connectivity index (χ0n) is 17.6. The minimum absolute atomic E-state index is 0.0349. The minimum Gasteiger partial charge on any atom is -0.384 e. The lowest BCUT2D eigenvalue weighted by Gasteiger charge is -2.15. The lowest BCUT2D eigenvalue weighted by molar-refractivity contribution is 0.0949. The zero-order chi connectivity index (χ0) is 24.2. The Morgan fingerprint density at radius 3 is 2.53 bits per heavy atom. The molecule has 0 unspecified atom stereocenters. The fourth-order valence-corrected chi connectivity index (χ4v) is 3.59.